The van der Waals surface area contributed by atoms with E-state index in [1.807, 2.05) is 0 Å². The number of phosphoric acid groups is 1. The zero-order valence-electron chi connectivity index (χ0n) is 11.2. The average molecular weight is 350 g/mol. The molecule has 8 N–H and O–H groups in total. The SMILES string of the molecule is O=C(CO)[C@@H](O)[C@H](O)COP(=O)(O)O.O=C(CO)[C@H](O)CO. The number of Topliss-reactive ketones (excluding diaryl/α,β-unsaturated/α-hetero) is 2. The number of aliphatic hydroxyl groups is 6. The number of hydrogen-bond donors (Lipinski definition) is 8. The van der Waals surface area contributed by atoms with Crippen LogP contribution < -0.4 is 0 Å². The summed E-state index contributed by atoms with van der Waals surface area (Å²) in [6.45, 7) is -3.23. The molecule has 0 radical (unpaired) electrons. The molecule has 0 aromatic rings. The predicted molar refractivity (Wildman–Crippen MR) is 67.3 cm³/mol. The fraction of sp³-hybridized carbons (Fsp3) is 0.778. The summed E-state index contributed by atoms with van der Waals surface area (Å²) in [6.07, 6.45) is -5.13. The number of phosphoric ester groups is 1. The third-order valence-electron chi connectivity index (χ3n) is 1.96. The second kappa shape index (κ2) is 11.7. The fourth-order valence-corrected chi connectivity index (χ4v) is 1.13. The van der Waals surface area contributed by atoms with Crippen molar-refractivity contribution in [2.24, 2.45) is 0 Å². The highest BCUT2D eigenvalue weighted by molar-refractivity contribution is 7.46. The van der Waals surface area contributed by atoms with E-state index < -0.39 is 64.1 Å². The largest absolute Gasteiger partial charge is 0.469 e. The second-order valence-electron chi connectivity index (χ2n) is 3.75. The lowest BCUT2D eigenvalue weighted by atomic mass is 10.1. The first-order valence-corrected chi connectivity index (χ1v) is 7.15. The molecule has 0 saturated carbocycles. The van der Waals surface area contributed by atoms with Crippen LogP contribution in [0.2, 0.25) is 0 Å². The number of hydrogen-bond acceptors (Lipinski definition) is 10. The molecule has 0 saturated heterocycles. The summed E-state index contributed by atoms with van der Waals surface area (Å²) in [7, 11) is -4.74. The Balaban J connectivity index is 0. The van der Waals surface area contributed by atoms with Crippen LogP contribution in [0.5, 0.6) is 0 Å². The van der Waals surface area contributed by atoms with Crippen molar-refractivity contribution in [3.05, 3.63) is 0 Å². The molecule has 0 heterocycles. The van der Waals surface area contributed by atoms with Crippen LogP contribution in [0.3, 0.4) is 0 Å². The fourth-order valence-electron chi connectivity index (χ4n) is 0.780. The van der Waals surface area contributed by atoms with E-state index in [4.69, 9.17) is 40.4 Å². The van der Waals surface area contributed by atoms with E-state index in [2.05, 4.69) is 4.52 Å². The third kappa shape index (κ3) is 11.8. The van der Waals surface area contributed by atoms with Gasteiger partial charge in [-0.3, -0.25) is 14.1 Å². The Morgan fingerprint density at radius 2 is 1.41 bits per heavy atom. The van der Waals surface area contributed by atoms with Gasteiger partial charge in [0.2, 0.25) is 0 Å². The van der Waals surface area contributed by atoms with Crippen LogP contribution in [0.15, 0.2) is 0 Å². The number of rotatable bonds is 9. The van der Waals surface area contributed by atoms with Crippen molar-refractivity contribution in [3.8, 4) is 0 Å². The van der Waals surface area contributed by atoms with Crippen molar-refractivity contribution >= 4 is 19.4 Å². The van der Waals surface area contributed by atoms with E-state index in [1.54, 1.807) is 0 Å². The summed E-state index contributed by atoms with van der Waals surface area (Å²) in [4.78, 5) is 37.1. The van der Waals surface area contributed by atoms with Gasteiger partial charge in [0, 0.05) is 0 Å². The Morgan fingerprint density at radius 3 is 1.68 bits per heavy atom. The predicted octanol–water partition coefficient (Wildman–Crippen LogP) is -4.72. The molecule has 3 atom stereocenters. The molecule has 0 aliphatic carbocycles. The molecular formula is C9H19O12P. The summed E-state index contributed by atoms with van der Waals surface area (Å²) >= 11 is 0. The van der Waals surface area contributed by atoms with Gasteiger partial charge in [-0.2, -0.15) is 0 Å². The van der Waals surface area contributed by atoms with Gasteiger partial charge >= 0.3 is 7.82 Å². The van der Waals surface area contributed by atoms with Gasteiger partial charge in [0.15, 0.2) is 11.6 Å². The van der Waals surface area contributed by atoms with Gasteiger partial charge < -0.3 is 40.4 Å². The molecule has 0 spiro atoms. The molecule has 0 rings (SSSR count). The zero-order chi connectivity index (χ0) is 17.9. The maximum atomic E-state index is 10.6. The molecule has 0 fully saturated rings. The van der Waals surface area contributed by atoms with E-state index in [0.29, 0.717) is 0 Å². The lowest BCUT2D eigenvalue weighted by Crippen LogP contribution is -2.38. The van der Waals surface area contributed by atoms with Gasteiger partial charge in [0.1, 0.15) is 31.5 Å². The van der Waals surface area contributed by atoms with Gasteiger partial charge in [-0.25, -0.2) is 4.57 Å². The molecule has 0 bridgehead atoms. The number of aliphatic hydroxyl groups excluding tert-OH is 6. The van der Waals surface area contributed by atoms with Crippen molar-refractivity contribution in [3.63, 3.8) is 0 Å². The van der Waals surface area contributed by atoms with Crippen molar-refractivity contribution in [1.29, 1.82) is 0 Å². The number of carbonyl (C=O) groups excluding carboxylic acids is 2. The summed E-state index contributed by atoms with van der Waals surface area (Å²) in [5.41, 5.74) is 0. The Labute approximate surface area is 124 Å². The molecule has 12 nitrogen and oxygen atoms in total. The van der Waals surface area contributed by atoms with Gasteiger partial charge in [-0.05, 0) is 0 Å². The van der Waals surface area contributed by atoms with Crippen LogP contribution >= 0.6 is 7.82 Å². The molecular weight excluding hydrogens is 331 g/mol. The Bertz CT molecular complexity index is 379. The maximum Gasteiger partial charge on any atom is 0.469 e. The van der Waals surface area contributed by atoms with Gasteiger partial charge in [0.25, 0.3) is 0 Å². The molecule has 13 heteroatoms. The van der Waals surface area contributed by atoms with E-state index in [9.17, 15) is 14.2 Å². The van der Waals surface area contributed by atoms with E-state index in [0.717, 1.165) is 0 Å². The second-order valence-corrected chi connectivity index (χ2v) is 4.99. The Morgan fingerprint density at radius 1 is 0.955 bits per heavy atom. The lowest BCUT2D eigenvalue weighted by Gasteiger charge is -2.15. The van der Waals surface area contributed by atoms with Crippen LogP contribution in [-0.4, -0.2) is 96.7 Å². The van der Waals surface area contributed by atoms with Gasteiger partial charge in [0.05, 0.1) is 13.2 Å². The molecule has 0 aromatic carbocycles. The number of ketones is 2. The van der Waals surface area contributed by atoms with Gasteiger partial charge in [-0.15, -0.1) is 0 Å². The first-order valence-electron chi connectivity index (χ1n) is 5.62. The number of carbonyl (C=O) groups is 2. The maximum absolute atomic E-state index is 10.6. The van der Waals surface area contributed by atoms with E-state index >= 15 is 0 Å². The zero-order valence-corrected chi connectivity index (χ0v) is 12.1. The average Bonchev–Trinajstić information content (AvgIpc) is 2.49. The highest BCUT2D eigenvalue weighted by Crippen LogP contribution is 2.35. The molecule has 0 unspecified atom stereocenters. The molecule has 0 amide bonds. The molecule has 0 aromatic heterocycles. The topological polar surface area (TPSA) is 222 Å². The smallest absolute Gasteiger partial charge is 0.393 e. The first kappa shape index (κ1) is 23.5. The van der Waals surface area contributed by atoms with Gasteiger partial charge in [-0.1, -0.05) is 0 Å². The van der Waals surface area contributed by atoms with Crippen LogP contribution in [0.25, 0.3) is 0 Å². The standard InChI is InChI=1S/C5H11O8P.C4H8O4/c6-1-3(7)5(9)4(8)2-13-14(10,11)12;5-1-3(7)4(8)2-6/h4-6,8-9H,1-2H2,(H2,10,11,12);3,5-7H,1-2H2/t4-,5-;3-/m11/s1. The summed E-state index contributed by atoms with van der Waals surface area (Å²) < 4.78 is 14.0. The van der Waals surface area contributed by atoms with Crippen LogP contribution in [-0.2, 0) is 18.7 Å². The van der Waals surface area contributed by atoms with Crippen LogP contribution in [0, 0.1) is 0 Å². The molecule has 0 aliphatic rings. The quantitative estimate of drug-likeness (QED) is 0.184. The lowest BCUT2D eigenvalue weighted by molar-refractivity contribution is -0.137. The minimum atomic E-state index is -4.74. The minimum Gasteiger partial charge on any atom is -0.393 e. The van der Waals surface area contributed by atoms with Crippen molar-refractivity contribution in [2.75, 3.05) is 26.4 Å². The van der Waals surface area contributed by atoms with Crippen LogP contribution in [0.1, 0.15) is 0 Å². The highest BCUT2D eigenvalue weighted by atomic mass is 31.2. The molecule has 0 aliphatic heterocycles. The summed E-state index contributed by atoms with van der Waals surface area (Å²) in [6, 6.07) is 0. The van der Waals surface area contributed by atoms with Crippen molar-refractivity contribution < 1.29 is 59.1 Å². The Hall–Kier alpha value is -0.790. The summed E-state index contributed by atoms with van der Waals surface area (Å²) in [5.74, 6) is -1.82. The molecule has 22 heavy (non-hydrogen) atoms. The van der Waals surface area contributed by atoms with E-state index in [1.165, 1.54) is 0 Å². The highest BCUT2D eigenvalue weighted by Gasteiger charge is 2.26. The monoisotopic (exact) mass is 350 g/mol. The van der Waals surface area contributed by atoms with E-state index in [-0.39, 0.29) is 0 Å². The first-order chi connectivity index (χ1) is 9.99. The minimum absolute atomic E-state index is 0.626. The molecule has 132 valence electrons. The third-order valence-corrected chi connectivity index (χ3v) is 2.45. The van der Waals surface area contributed by atoms with Crippen molar-refractivity contribution in [2.45, 2.75) is 18.3 Å². The Kier molecular flexibility index (Phi) is 12.5. The normalized spacial score (nSPS) is 15.3. The van der Waals surface area contributed by atoms with Crippen LogP contribution in [0.4, 0.5) is 0 Å². The van der Waals surface area contributed by atoms with Crippen molar-refractivity contribution in [1.82, 2.24) is 0 Å². The summed E-state index contributed by atoms with van der Waals surface area (Å²) in [5, 5.41) is 50.5.